The Kier molecular flexibility index (Phi) is 4.98. The van der Waals surface area contributed by atoms with E-state index in [1.807, 2.05) is 0 Å². The smallest absolute Gasteiger partial charge is 0.339 e. The van der Waals surface area contributed by atoms with Crippen LogP contribution in [0.25, 0.3) is 22.8 Å². The maximum absolute atomic E-state index is 14.0. The summed E-state index contributed by atoms with van der Waals surface area (Å²) < 4.78 is 30.6. The number of aromatic nitrogens is 1. The minimum atomic E-state index is -0.466. The van der Waals surface area contributed by atoms with Crippen LogP contribution >= 0.6 is 0 Å². The minimum absolute atomic E-state index is 0.0458. The molecule has 0 bridgehead atoms. The van der Waals surface area contributed by atoms with Gasteiger partial charge in [0.05, 0.1) is 29.0 Å². The molecule has 6 heteroatoms. The summed E-state index contributed by atoms with van der Waals surface area (Å²) in [5.41, 5.74) is 1.16. The van der Waals surface area contributed by atoms with Gasteiger partial charge in [-0.3, -0.25) is 0 Å². The lowest BCUT2D eigenvalue weighted by Crippen LogP contribution is -2.18. The van der Waals surface area contributed by atoms with Gasteiger partial charge in [0.1, 0.15) is 12.4 Å². The monoisotopic (exact) mass is 367 g/mol. The van der Waals surface area contributed by atoms with E-state index >= 15 is 0 Å². The van der Waals surface area contributed by atoms with Gasteiger partial charge in [0.15, 0.2) is 5.76 Å². The zero-order valence-corrected chi connectivity index (χ0v) is 14.6. The summed E-state index contributed by atoms with van der Waals surface area (Å²) in [6.45, 7) is 0.924. The van der Waals surface area contributed by atoms with Gasteiger partial charge in [0.2, 0.25) is 5.89 Å². The number of ether oxygens (including phenoxy) is 2. The summed E-state index contributed by atoms with van der Waals surface area (Å²) in [4.78, 5) is 16.7. The molecular formula is C21H18FNO4. The topological polar surface area (TPSA) is 61.6 Å². The summed E-state index contributed by atoms with van der Waals surface area (Å²) in [7, 11) is 0. The number of rotatable bonds is 5. The number of hydrogen-bond acceptors (Lipinski definition) is 5. The SMILES string of the molecule is O=C(OCC1CCCO1)c1ccccc1-c1ncc(-c2ccccc2F)o1. The van der Waals surface area contributed by atoms with Crippen molar-refractivity contribution < 1.29 is 23.1 Å². The van der Waals surface area contributed by atoms with Crippen LogP contribution in [0.5, 0.6) is 0 Å². The summed E-state index contributed by atoms with van der Waals surface area (Å²) >= 11 is 0. The molecular weight excluding hydrogens is 349 g/mol. The second-order valence-electron chi connectivity index (χ2n) is 6.29. The van der Waals surface area contributed by atoms with Crippen molar-refractivity contribution in [3.05, 3.63) is 66.1 Å². The number of nitrogens with zero attached hydrogens (tertiary/aromatic N) is 1. The van der Waals surface area contributed by atoms with E-state index in [0.29, 0.717) is 29.1 Å². The van der Waals surface area contributed by atoms with E-state index in [4.69, 9.17) is 13.9 Å². The van der Waals surface area contributed by atoms with E-state index < -0.39 is 11.8 Å². The lowest BCUT2D eigenvalue weighted by atomic mass is 10.1. The first-order valence-electron chi connectivity index (χ1n) is 8.81. The molecule has 1 aliphatic rings. The van der Waals surface area contributed by atoms with Crippen molar-refractivity contribution in [2.24, 2.45) is 0 Å². The number of halogens is 1. The number of oxazole rings is 1. The molecule has 2 aromatic carbocycles. The molecule has 1 aliphatic heterocycles. The quantitative estimate of drug-likeness (QED) is 0.622. The first-order valence-corrected chi connectivity index (χ1v) is 8.81. The van der Waals surface area contributed by atoms with Gasteiger partial charge >= 0.3 is 5.97 Å². The fraction of sp³-hybridized carbons (Fsp3) is 0.238. The van der Waals surface area contributed by atoms with E-state index in [1.165, 1.54) is 12.3 Å². The molecule has 0 radical (unpaired) electrons. The van der Waals surface area contributed by atoms with Crippen LogP contribution in [0.1, 0.15) is 23.2 Å². The van der Waals surface area contributed by atoms with E-state index in [1.54, 1.807) is 42.5 Å². The first kappa shape index (κ1) is 17.4. The fourth-order valence-corrected chi connectivity index (χ4v) is 3.05. The van der Waals surface area contributed by atoms with Gasteiger partial charge in [-0.1, -0.05) is 24.3 Å². The number of hydrogen-bond donors (Lipinski definition) is 0. The molecule has 0 aliphatic carbocycles. The Bertz CT molecular complexity index is 947. The highest BCUT2D eigenvalue weighted by Gasteiger charge is 2.21. The highest BCUT2D eigenvalue weighted by atomic mass is 19.1. The number of benzene rings is 2. The molecule has 1 fully saturated rings. The van der Waals surface area contributed by atoms with E-state index in [-0.39, 0.29) is 18.6 Å². The molecule has 3 aromatic rings. The molecule has 4 rings (SSSR count). The fourth-order valence-electron chi connectivity index (χ4n) is 3.05. The van der Waals surface area contributed by atoms with Crippen molar-refractivity contribution in [2.75, 3.05) is 13.2 Å². The molecule has 0 N–H and O–H groups in total. The van der Waals surface area contributed by atoms with Crippen molar-refractivity contribution >= 4 is 5.97 Å². The largest absolute Gasteiger partial charge is 0.459 e. The Morgan fingerprint density at radius 1 is 1.15 bits per heavy atom. The predicted octanol–water partition coefficient (Wildman–Crippen LogP) is 4.48. The van der Waals surface area contributed by atoms with Crippen LogP contribution in [0.2, 0.25) is 0 Å². The van der Waals surface area contributed by atoms with Crippen molar-refractivity contribution in [1.82, 2.24) is 4.98 Å². The van der Waals surface area contributed by atoms with Crippen LogP contribution in [0, 0.1) is 5.82 Å². The predicted molar refractivity (Wildman–Crippen MR) is 96.6 cm³/mol. The lowest BCUT2D eigenvalue weighted by Gasteiger charge is -2.11. The molecule has 1 saturated heterocycles. The Morgan fingerprint density at radius 3 is 2.70 bits per heavy atom. The van der Waals surface area contributed by atoms with Crippen molar-refractivity contribution in [2.45, 2.75) is 18.9 Å². The van der Waals surface area contributed by atoms with Gasteiger partial charge in [-0.2, -0.15) is 0 Å². The summed E-state index contributed by atoms with van der Waals surface area (Å²) in [5, 5.41) is 0. The summed E-state index contributed by atoms with van der Waals surface area (Å²) in [6.07, 6.45) is 3.27. The standard InChI is InChI=1S/C21H18FNO4/c22-18-10-4-3-9-17(18)19-12-23-20(27-19)15-7-1-2-8-16(15)21(24)26-13-14-6-5-11-25-14/h1-4,7-10,12,14H,5-6,11,13H2. The third kappa shape index (κ3) is 3.75. The Labute approximate surface area is 155 Å². The highest BCUT2D eigenvalue weighted by molar-refractivity contribution is 5.96. The van der Waals surface area contributed by atoms with Crippen molar-refractivity contribution in [3.8, 4) is 22.8 Å². The van der Waals surface area contributed by atoms with Crippen LogP contribution in [-0.2, 0) is 9.47 Å². The maximum atomic E-state index is 14.0. The molecule has 2 heterocycles. The summed E-state index contributed by atoms with van der Waals surface area (Å²) in [5.74, 6) is -0.334. The van der Waals surface area contributed by atoms with Gasteiger partial charge in [0, 0.05) is 6.61 Å². The molecule has 138 valence electrons. The molecule has 5 nitrogen and oxygen atoms in total. The van der Waals surface area contributed by atoms with Crippen LogP contribution in [0.4, 0.5) is 4.39 Å². The van der Waals surface area contributed by atoms with Gasteiger partial charge in [0.25, 0.3) is 0 Å². The number of carbonyl (C=O) groups is 1. The second kappa shape index (κ2) is 7.72. The van der Waals surface area contributed by atoms with Crippen LogP contribution in [0.15, 0.2) is 59.1 Å². The molecule has 1 unspecified atom stereocenters. The highest BCUT2D eigenvalue weighted by Crippen LogP contribution is 2.30. The van der Waals surface area contributed by atoms with Gasteiger partial charge in [-0.15, -0.1) is 0 Å². The van der Waals surface area contributed by atoms with Gasteiger partial charge in [-0.25, -0.2) is 14.2 Å². The van der Waals surface area contributed by atoms with Crippen molar-refractivity contribution in [1.29, 1.82) is 0 Å². The second-order valence-corrected chi connectivity index (χ2v) is 6.29. The zero-order chi connectivity index (χ0) is 18.6. The average molecular weight is 367 g/mol. The van der Waals surface area contributed by atoms with Crippen molar-refractivity contribution in [3.63, 3.8) is 0 Å². The van der Waals surface area contributed by atoms with Gasteiger partial charge < -0.3 is 13.9 Å². The normalized spacial score (nSPS) is 16.4. The first-order chi connectivity index (χ1) is 13.2. The van der Waals surface area contributed by atoms with E-state index in [2.05, 4.69) is 4.98 Å². The summed E-state index contributed by atoms with van der Waals surface area (Å²) in [6, 6.07) is 13.2. The molecule has 27 heavy (non-hydrogen) atoms. The molecule has 1 aromatic heterocycles. The van der Waals surface area contributed by atoms with Crippen LogP contribution in [-0.4, -0.2) is 30.3 Å². The Morgan fingerprint density at radius 2 is 1.93 bits per heavy atom. The average Bonchev–Trinajstić information content (AvgIpc) is 3.38. The van der Waals surface area contributed by atoms with E-state index in [0.717, 1.165) is 12.8 Å². The third-order valence-corrected chi connectivity index (χ3v) is 4.45. The maximum Gasteiger partial charge on any atom is 0.339 e. The zero-order valence-electron chi connectivity index (χ0n) is 14.6. The molecule has 0 amide bonds. The Hall–Kier alpha value is -2.99. The Balaban J connectivity index is 1.58. The third-order valence-electron chi connectivity index (χ3n) is 4.45. The number of esters is 1. The lowest BCUT2D eigenvalue weighted by molar-refractivity contribution is 0.0162. The molecule has 0 saturated carbocycles. The van der Waals surface area contributed by atoms with Gasteiger partial charge in [-0.05, 0) is 37.1 Å². The van der Waals surface area contributed by atoms with Crippen LogP contribution < -0.4 is 0 Å². The van der Waals surface area contributed by atoms with E-state index in [9.17, 15) is 9.18 Å². The molecule has 0 spiro atoms. The molecule has 1 atom stereocenters. The number of carbonyl (C=O) groups excluding carboxylic acids is 1. The minimum Gasteiger partial charge on any atom is -0.459 e. The van der Waals surface area contributed by atoms with Crippen LogP contribution in [0.3, 0.4) is 0 Å².